The lowest BCUT2D eigenvalue weighted by Gasteiger charge is -2.07. The molecule has 2 rings (SSSR count). The van der Waals surface area contributed by atoms with Crippen molar-refractivity contribution >= 4 is 34.7 Å². The first-order valence-corrected chi connectivity index (χ1v) is 6.70. The van der Waals surface area contributed by atoms with Crippen molar-refractivity contribution < 1.29 is 9.90 Å². The van der Waals surface area contributed by atoms with E-state index < -0.39 is 5.97 Å². The first-order chi connectivity index (χ1) is 9.49. The Kier molecular flexibility index (Phi) is 4.48. The predicted octanol–water partition coefficient (Wildman–Crippen LogP) is 5.15. The van der Waals surface area contributed by atoms with Crippen LogP contribution in [0.25, 0.3) is 16.7 Å². The molecule has 0 atom stereocenters. The highest BCUT2D eigenvalue weighted by Crippen LogP contribution is 2.33. The van der Waals surface area contributed by atoms with Crippen molar-refractivity contribution in [3.05, 3.63) is 64.1 Å². The molecule has 0 saturated carbocycles. The Morgan fingerprint density at radius 2 is 1.75 bits per heavy atom. The van der Waals surface area contributed by atoms with Gasteiger partial charge in [-0.05, 0) is 29.7 Å². The third kappa shape index (κ3) is 3.21. The maximum absolute atomic E-state index is 10.6. The zero-order valence-corrected chi connectivity index (χ0v) is 12.2. The molecule has 0 bridgehead atoms. The molecule has 0 aliphatic carbocycles. The van der Waals surface area contributed by atoms with Gasteiger partial charge in [-0.25, -0.2) is 4.79 Å². The Labute approximate surface area is 127 Å². The summed E-state index contributed by atoms with van der Waals surface area (Å²) in [6, 6.07) is 13.0. The number of carboxylic acid groups (broad SMARTS) is 1. The van der Waals surface area contributed by atoms with Crippen LogP contribution in [0.1, 0.15) is 12.5 Å². The third-order valence-electron chi connectivity index (χ3n) is 2.94. The second kappa shape index (κ2) is 6.12. The van der Waals surface area contributed by atoms with Crippen LogP contribution in [-0.4, -0.2) is 11.1 Å². The first kappa shape index (κ1) is 14.6. The SMILES string of the molecule is C/C(=C/C(=O)O)c1ccc(-c2cccc(Cl)c2Cl)cc1. The van der Waals surface area contributed by atoms with Gasteiger partial charge in [-0.15, -0.1) is 0 Å². The average molecular weight is 307 g/mol. The zero-order chi connectivity index (χ0) is 14.7. The van der Waals surface area contributed by atoms with Gasteiger partial charge < -0.3 is 5.11 Å². The second-order valence-electron chi connectivity index (χ2n) is 4.34. The molecule has 0 amide bonds. The van der Waals surface area contributed by atoms with E-state index in [1.54, 1.807) is 13.0 Å². The molecule has 0 saturated heterocycles. The Bertz CT molecular complexity index is 673. The van der Waals surface area contributed by atoms with Crippen LogP contribution in [0.15, 0.2) is 48.5 Å². The maximum atomic E-state index is 10.6. The molecule has 0 aromatic heterocycles. The monoisotopic (exact) mass is 306 g/mol. The highest BCUT2D eigenvalue weighted by atomic mass is 35.5. The van der Waals surface area contributed by atoms with Crippen molar-refractivity contribution in [3.63, 3.8) is 0 Å². The van der Waals surface area contributed by atoms with E-state index in [1.165, 1.54) is 6.08 Å². The summed E-state index contributed by atoms with van der Waals surface area (Å²) in [7, 11) is 0. The van der Waals surface area contributed by atoms with Crippen LogP contribution in [0.2, 0.25) is 10.0 Å². The number of carbonyl (C=O) groups is 1. The van der Waals surface area contributed by atoms with Gasteiger partial charge in [0.25, 0.3) is 0 Å². The molecule has 0 heterocycles. The molecular formula is C16H12Cl2O2. The van der Waals surface area contributed by atoms with Crippen molar-refractivity contribution in [1.29, 1.82) is 0 Å². The summed E-state index contributed by atoms with van der Waals surface area (Å²) in [6.45, 7) is 1.76. The standard InChI is InChI=1S/C16H12Cl2O2/c1-10(9-15(19)20)11-5-7-12(8-6-11)13-3-2-4-14(17)16(13)18/h2-9H,1H3,(H,19,20)/b10-9-. The van der Waals surface area contributed by atoms with Gasteiger partial charge in [-0.1, -0.05) is 59.6 Å². The maximum Gasteiger partial charge on any atom is 0.328 e. The largest absolute Gasteiger partial charge is 0.478 e. The van der Waals surface area contributed by atoms with Crippen molar-refractivity contribution in [2.24, 2.45) is 0 Å². The minimum Gasteiger partial charge on any atom is -0.478 e. The van der Waals surface area contributed by atoms with Gasteiger partial charge in [-0.2, -0.15) is 0 Å². The molecule has 4 heteroatoms. The van der Waals surface area contributed by atoms with Crippen LogP contribution in [0.5, 0.6) is 0 Å². The number of hydrogen-bond acceptors (Lipinski definition) is 1. The smallest absolute Gasteiger partial charge is 0.328 e. The molecule has 102 valence electrons. The predicted molar refractivity (Wildman–Crippen MR) is 83.2 cm³/mol. The highest BCUT2D eigenvalue weighted by molar-refractivity contribution is 6.43. The molecule has 0 unspecified atom stereocenters. The Hall–Kier alpha value is -1.77. The minimum absolute atomic E-state index is 0.509. The van der Waals surface area contributed by atoms with E-state index in [2.05, 4.69) is 0 Å². The number of carboxylic acids is 1. The van der Waals surface area contributed by atoms with Crippen molar-refractivity contribution in [2.45, 2.75) is 6.92 Å². The van der Waals surface area contributed by atoms with Crippen LogP contribution in [0.3, 0.4) is 0 Å². The molecule has 0 spiro atoms. The van der Waals surface area contributed by atoms with Crippen molar-refractivity contribution in [2.75, 3.05) is 0 Å². The summed E-state index contributed by atoms with van der Waals surface area (Å²) in [5.74, 6) is -0.954. The van der Waals surface area contributed by atoms with E-state index in [1.807, 2.05) is 36.4 Å². The van der Waals surface area contributed by atoms with Gasteiger partial charge in [0, 0.05) is 11.6 Å². The first-order valence-electron chi connectivity index (χ1n) is 5.95. The van der Waals surface area contributed by atoms with Gasteiger partial charge >= 0.3 is 5.97 Å². The molecule has 20 heavy (non-hydrogen) atoms. The van der Waals surface area contributed by atoms with Crippen molar-refractivity contribution in [1.82, 2.24) is 0 Å². The van der Waals surface area contributed by atoms with Gasteiger partial charge in [-0.3, -0.25) is 0 Å². The fourth-order valence-electron chi connectivity index (χ4n) is 1.91. The summed E-state index contributed by atoms with van der Waals surface area (Å²) >= 11 is 12.2. The normalized spacial score (nSPS) is 11.4. The van der Waals surface area contributed by atoms with Gasteiger partial charge in [0.2, 0.25) is 0 Å². The lowest BCUT2D eigenvalue weighted by Crippen LogP contribution is -1.90. The highest BCUT2D eigenvalue weighted by Gasteiger charge is 2.07. The van der Waals surface area contributed by atoms with Crippen LogP contribution in [0.4, 0.5) is 0 Å². The van der Waals surface area contributed by atoms with E-state index in [-0.39, 0.29) is 0 Å². The topological polar surface area (TPSA) is 37.3 Å². The molecule has 2 aromatic carbocycles. The van der Waals surface area contributed by atoms with E-state index in [0.29, 0.717) is 15.6 Å². The zero-order valence-electron chi connectivity index (χ0n) is 10.7. The van der Waals surface area contributed by atoms with Gasteiger partial charge in [0.15, 0.2) is 0 Å². The minimum atomic E-state index is -0.954. The van der Waals surface area contributed by atoms with Crippen LogP contribution in [0, 0.1) is 0 Å². The molecule has 0 radical (unpaired) electrons. The fourth-order valence-corrected chi connectivity index (χ4v) is 2.32. The Morgan fingerprint density at radius 3 is 2.35 bits per heavy atom. The van der Waals surface area contributed by atoms with E-state index >= 15 is 0 Å². The lowest BCUT2D eigenvalue weighted by atomic mass is 10.0. The number of rotatable bonds is 3. The molecular weight excluding hydrogens is 295 g/mol. The van der Waals surface area contributed by atoms with E-state index in [9.17, 15) is 4.79 Å². The molecule has 0 aliphatic heterocycles. The molecule has 2 aromatic rings. The summed E-state index contributed by atoms with van der Waals surface area (Å²) in [6.07, 6.45) is 1.18. The second-order valence-corrected chi connectivity index (χ2v) is 5.13. The van der Waals surface area contributed by atoms with Crippen LogP contribution < -0.4 is 0 Å². The van der Waals surface area contributed by atoms with Crippen molar-refractivity contribution in [3.8, 4) is 11.1 Å². The van der Waals surface area contributed by atoms with E-state index in [4.69, 9.17) is 28.3 Å². The molecule has 2 nitrogen and oxygen atoms in total. The summed E-state index contributed by atoms with van der Waals surface area (Å²) in [5.41, 5.74) is 3.34. The molecule has 1 N–H and O–H groups in total. The fraction of sp³-hybridized carbons (Fsp3) is 0.0625. The summed E-state index contributed by atoms with van der Waals surface area (Å²) in [4.78, 5) is 10.6. The molecule has 0 aliphatic rings. The number of allylic oxidation sites excluding steroid dienone is 1. The number of benzene rings is 2. The van der Waals surface area contributed by atoms with Crippen LogP contribution >= 0.6 is 23.2 Å². The Morgan fingerprint density at radius 1 is 1.10 bits per heavy atom. The average Bonchev–Trinajstić information content (AvgIpc) is 2.41. The number of hydrogen-bond donors (Lipinski definition) is 1. The summed E-state index contributed by atoms with van der Waals surface area (Å²) < 4.78 is 0. The quantitative estimate of drug-likeness (QED) is 0.796. The lowest BCUT2D eigenvalue weighted by molar-refractivity contribution is -0.131. The summed E-state index contributed by atoms with van der Waals surface area (Å²) in [5, 5.41) is 9.76. The number of aliphatic carboxylic acids is 1. The third-order valence-corrected chi connectivity index (χ3v) is 3.76. The Balaban J connectivity index is 2.38. The van der Waals surface area contributed by atoms with Crippen LogP contribution in [-0.2, 0) is 4.79 Å². The van der Waals surface area contributed by atoms with Gasteiger partial charge in [0.1, 0.15) is 0 Å². The number of halogens is 2. The van der Waals surface area contributed by atoms with Gasteiger partial charge in [0.05, 0.1) is 10.0 Å². The van der Waals surface area contributed by atoms with E-state index in [0.717, 1.165) is 16.7 Å². The molecule has 0 fully saturated rings.